The summed E-state index contributed by atoms with van der Waals surface area (Å²) in [5, 5.41) is 0. The first kappa shape index (κ1) is 21.7. The Morgan fingerprint density at radius 2 is 1.61 bits per heavy atom. The van der Waals surface area contributed by atoms with E-state index >= 15 is 0 Å². The zero-order valence-electron chi connectivity index (χ0n) is 18.6. The fraction of sp³-hybridized carbons (Fsp3) is 0.750. The summed E-state index contributed by atoms with van der Waals surface area (Å²) in [5.41, 5.74) is 0.905. The van der Waals surface area contributed by atoms with Crippen LogP contribution in [0.15, 0.2) is 24.3 Å². The third kappa shape index (κ3) is 5.33. The van der Waals surface area contributed by atoms with Crippen molar-refractivity contribution in [2.75, 3.05) is 7.11 Å². The molecule has 1 aromatic rings. The summed E-state index contributed by atoms with van der Waals surface area (Å²) in [5.74, 6) is 2.26. The maximum absolute atomic E-state index is 6.46. The van der Waals surface area contributed by atoms with E-state index in [1.807, 2.05) is 0 Å². The Kier molecular flexibility index (Phi) is 7.14. The highest BCUT2D eigenvalue weighted by atomic mass is 16.7. The van der Waals surface area contributed by atoms with Crippen LogP contribution in [0.3, 0.4) is 0 Å². The van der Waals surface area contributed by atoms with Gasteiger partial charge in [0.1, 0.15) is 5.75 Å². The Morgan fingerprint density at radius 1 is 1.00 bits per heavy atom. The van der Waals surface area contributed by atoms with Crippen molar-refractivity contribution in [3.63, 3.8) is 0 Å². The Bertz CT molecular complexity index is 589. The van der Waals surface area contributed by atoms with Crippen molar-refractivity contribution in [2.45, 2.75) is 103 Å². The summed E-state index contributed by atoms with van der Waals surface area (Å²) in [4.78, 5) is 0. The molecule has 1 aliphatic heterocycles. The van der Waals surface area contributed by atoms with E-state index in [1.165, 1.54) is 56.9 Å². The van der Waals surface area contributed by atoms with Crippen molar-refractivity contribution in [1.82, 2.24) is 0 Å². The lowest BCUT2D eigenvalue weighted by Crippen LogP contribution is -2.41. The quantitative estimate of drug-likeness (QED) is 0.481. The summed E-state index contributed by atoms with van der Waals surface area (Å²) >= 11 is 0. The Balaban J connectivity index is 1.60. The molecule has 3 rings (SSSR count). The molecule has 4 heteroatoms. The second-order valence-corrected chi connectivity index (χ2v) is 9.86. The number of rotatable bonds is 8. The van der Waals surface area contributed by atoms with Gasteiger partial charge in [0.05, 0.1) is 18.3 Å². The van der Waals surface area contributed by atoms with E-state index in [4.69, 9.17) is 14.0 Å². The topological polar surface area (TPSA) is 27.7 Å². The molecule has 1 aliphatic carbocycles. The van der Waals surface area contributed by atoms with Crippen LogP contribution in [-0.4, -0.2) is 25.4 Å². The van der Waals surface area contributed by atoms with Gasteiger partial charge in [0.15, 0.2) is 0 Å². The molecular weight excluding hydrogens is 347 g/mol. The summed E-state index contributed by atoms with van der Waals surface area (Å²) in [6.45, 7) is 8.67. The van der Waals surface area contributed by atoms with Gasteiger partial charge < -0.3 is 14.0 Å². The predicted octanol–water partition coefficient (Wildman–Crippen LogP) is 6.45. The molecule has 1 saturated carbocycles. The lowest BCUT2D eigenvalue weighted by atomic mass is 9.64. The molecular formula is C24H39BO3. The lowest BCUT2D eigenvalue weighted by molar-refractivity contribution is 0.00578. The van der Waals surface area contributed by atoms with Gasteiger partial charge in [-0.25, -0.2) is 0 Å². The highest BCUT2D eigenvalue weighted by Crippen LogP contribution is 2.44. The molecule has 1 aromatic carbocycles. The van der Waals surface area contributed by atoms with Gasteiger partial charge in [-0.1, -0.05) is 50.7 Å². The zero-order chi connectivity index (χ0) is 20.2. The van der Waals surface area contributed by atoms with Crippen LogP contribution in [0.1, 0.15) is 84.6 Å². The molecule has 2 fully saturated rings. The molecule has 156 valence electrons. The first-order chi connectivity index (χ1) is 13.3. The van der Waals surface area contributed by atoms with Crippen molar-refractivity contribution < 1.29 is 14.0 Å². The van der Waals surface area contributed by atoms with Gasteiger partial charge in [-0.05, 0) is 76.4 Å². The normalized spacial score (nSPS) is 23.0. The minimum Gasteiger partial charge on any atom is -0.497 e. The van der Waals surface area contributed by atoms with Gasteiger partial charge in [0, 0.05) is 0 Å². The summed E-state index contributed by atoms with van der Waals surface area (Å²) in [6, 6.07) is 8.49. The van der Waals surface area contributed by atoms with Crippen LogP contribution in [-0.2, 0) is 15.7 Å². The Hall–Kier alpha value is -0.995. The molecule has 0 spiro atoms. The van der Waals surface area contributed by atoms with E-state index in [2.05, 4.69) is 52.0 Å². The van der Waals surface area contributed by atoms with Crippen molar-refractivity contribution in [3.8, 4) is 5.75 Å². The van der Waals surface area contributed by atoms with E-state index in [-0.39, 0.29) is 18.3 Å². The van der Waals surface area contributed by atoms with Gasteiger partial charge in [0.2, 0.25) is 0 Å². The third-order valence-electron chi connectivity index (χ3n) is 7.22. The molecule has 1 atom stereocenters. The number of hydrogen-bond donors (Lipinski definition) is 0. The molecule has 0 amide bonds. The largest absolute Gasteiger partial charge is 0.497 e. The molecule has 28 heavy (non-hydrogen) atoms. The van der Waals surface area contributed by atoms with Crippen molar-refractivity contribution in [2.24, 2.45) is 5.92 Å². The molecule has 2 aliphatic rings. The average Bonchev–Trinajstić information content (AvgIpc) is 2.89. The first-order valence-corrected chi connectivity index (χ1v) is 11.3. The van der Waals surface area contributed by atoms with Gasteiger partial charge in [0.25, 0.3) is 0 Å². The molecule has 0 N–H and O–H groups in total. The molecule has 0 unspecified atom stereocenters. The standard InChI is InChI=1S/C24H39BO3/c1-23(2)24(3,4)28-25(27-23)21(18-20-10-7-6-8-11-20)13-9-12-19-14-16-22(26-5)17-15-19/h14-17,20-21H,6-13,18H2,1-5H3/t21-/m1/s1. The van der Waals surface area contributed by atoms with Gasteiger partial charge in [-0.2, -0.15) is 0 Å². The van der Waals surface area contributed by atoms with Gasteiger partial charge in [-0.15, -0.1) is 0 Å². The van der Waals surface area contributed by atoms with Crippen LogP contribution in [0.25, 0.3) is 0 Å². The van der Waals surface area contributed by atoms with E-state index < -0.39 is 0 Å². The lowest BCUT2D eigenvalue weighted by Gasteiger charge is -2.32. The molecule has 0 radical (unpaired) electrons. The monoisotopic (exact) mass is 386 g/mol. The SMILES string of the molecule is COc1ccc(CCC[C@H](CC2CCCCC2)B2OC(C)(C)C(C)(C)O2)cc1. The Labute approximate surface area is 172 Å². The molecule has 0 aromatic heterocycles. The van der Waals surface area contributed by atoms with Crippen molar-refractivity contribution in [3.05, 3.63) is 29.8 Å². The number of benzene rings is 1. The molecule has 1 heterocycles. The maximum Gasteiger partial charge on any atom is 0.461 e. The van der Waals surface area contributed by atoms with Crippen LogP contribution >= 0.6 is 0 Å². The van der Waals surface area contributed by atoms with E-state index in [9.17, 15) is 0 Å². The highest BCUT2D eigenvalue weighted by Gasteiger charge is 2.53. The van der Waals surface area contributed by atoms with Crippen molar-refractivity contribution >= 4 is 7.12 Å². The van der Waals surface area contributed by atoms with E-state index in [1.54, 1.807) is 7.11 Å². The fourth-order valence-electron chi connectivity index (χ4n) is 4.66. The van der Waals surface area contributed by atoms with Crippen LogP contribution < -0.4 is 4.74 Å². The first-order valence-electron chi connectivity index (χ1n) is 11.3. The number of hydrogen-bond acceptors (Lipinski definition) is 3. The number of methoxy groups -OCH3 is 1. The minimum absolute atomic E-state index is 0.0669. The second kappa shape index (κ2) is 9.22. The molecule has 3 nitrogen and oxygen atoms in total. The van der Waals surface area contributed by atoms with E-state index in [0.29, 0.717) is 5.82 Å². The third-order valence-corrected chi connectivity index (χ3v) is 7.22. The Morgan fingerprint density at radius 3 is 2.18 bits per heavy atom. The summed E-state index contributed by atoms with van der Waals surface area (Å²) in [6.07, 6.45) is 11.7. The summed E-state index contributed by atoms with van der Waals surface area (Å²) in [7, 11) is 1.65. The summed E-state index contributed by atoms with van der Waals surface area (Å²) < 4.78 is 18.2. The minimum atomic E-state index is -0.238. The molecule has 1 saturated heterocycles. The number of aryl methyl sites for hydroxylation is 1. The average molecular weight is 386 g/mol. The second-order valence-electron chi connectivity index (χ2n) is 9.86. The van der Waals surface area contributed by atoms with Crippen molar-refractivity contribution in [1.29, 1.82) is 0 Å². The van der Waals surface area contributed by atoms with Crippen LogP contribution in [0.5, 0.6) is 5.75 Å². The van der Waals surface area contributed by atoms with Crippen LogP contribution in [0.2, 0.25) is 5.82 Å². The van der Waals surface area contributed by atoms with Gasteiger partial charge >= 0.3 is 7.12 Å². The zero-order valence-corrected chi connectivity index (χ0v) is 18.6. The highest BCUT2D eigenvalue weighted by molar-refractivity contribution is 6.47. The molecule has 0 bridgehead atoms. The van der Waals surface area contributed by atoms with Crippen LogP contribution in [0.4, 0.5) is 0 Å². The predicted molar refractivity (Wildman–Crippen MR) is 117 cm³/mol. The number of ether oxygens (including phenoxy) is 1. The smallest absolute Gasteiger partial charge is 0.461 e. The maximum atomic E-state index is 6.46. The van der Waals surface area contributed by atoms with Gasteiger partial charge in [-0.3, -0.25) is 0 Å². The fourth-order valence-corrected chi connectivity index (χ4v) is 4.66. The van der Waals surface area contributed by atoms with Crippen LogP contribution in [0, 0.1) is 5.92 Å². The van der Waals surface area contributed by atoms with E-state index in [0.717, 1.165) is 18.1 Å².